The van der Waals surface area contributed by atoms with Crippen LogP contribution in [-0.2, 0) is 0 Å². The van der Waals surface area contributed by atoms with E-state index in [0.717, 1.165) is 10.2 Å². The zero-order chi connectivity index (χ0) is 17.9. The van der Waals surface area contributed by atoms with Crippen LogP contribution in [0.4, 0.5) is 0 Å². The molecule has 4 aromatic rings. The first-order chi connectivity index (χ1) is 12.7. The molecule has 0 radical (unpaired) electrons. The predicted octanol–water partition coefficient (Wildman–Crippen LogP) is 4.75. The number of carbonyl (C=O) groups excluding carboxylic acids is 2. The van der Waals surface area contributed by atoms with Crippen molar-refractivity contribution in [3.8, 4) is 5.19 Å². The maximum atomic E-state index is 12.7. The third-order valence-corrected chi connectivity index (χ3v) is 4.80. The second-order valence-electron chi connectivity index (χ2n) is 5.58. The van der Waals surface area contributed by atoms with Crippen LogP contribution in [0.3, 0.4) is 0 Å². The van der Waals surface area contributed by atoms with E-state index < -0.39 is 5.97 Å². The van der Waals surface area contributed by atoms with Crippen LogP contribution in [0, 0.1) is 0 Å². The fraction of sp³-hybridized carbons (Fsp3) is 0. The molecular weight excluding hydrogens is 346 g/mol. The first kappa shape index (κ1) is 16.2. The summed E-state index contributed by atoms with van der Waals surface area (Å²) in [6, 6.07) is 23.1. The summed E-state index contributed by atoms with van der Waals surface area (Å²) in [4.78, 5) is 29.7. The molecule has 3 aromatic carbocycles. The summed E-state index contributed by atoms with van der Waals surface area (Å²) in [6.45, 7) is 0. The topological polar surface area (TPSA) is 56.3 Å². The lowest BCUT2D eigenvalue weighted by Crippen LogP contribution is -2.14. The van der Waals surface area contributed by atoms with Gasteiger partial charge in [-0.2, -0.15) is 0 Å². The number of hydrogen-bond donors (Lipinski definition) is 0. The minimum Gasteiger partial charge on any atom is -0.394 e. The molecule has 0 saturated carbocycles. The molecule has 0 N–H and O–H groups in total. The second kappa shape index (κ2) is 6.90. The molecule has 0 amide bonds. The average molecular weight is 359 g/mol. The van der Waals surface area contributed by atoms with E-state index >= 15 is 0 Å². The third kappa shape index (κ3) is 3.12. The van der Waals surface area contributed by atoms with Gasteiger partial charge in [0.2, 0.25) is 0 Å². The summed E-state index contributed by atoms with van der Waals surface area (Å²) in [7, 11) is 0. The summed E-state index contributed by atoms with van der Waals surface area (Å²) in [6.07, 6.45) is 0. The normalized spacial score (nSPS) is 10.6. The lowest BCUT2D eigenvalue weighted by molar-refractivity contribution is 0.0730. The molecule has 126 valence electrons. The van der Waals surface area contributed by atoms with Gasteiger partial charge in [-0.1, -0.05) is 72.0 Å². The molecule has 0 fully saturated rings. The monoisotopic (exact) mass is 359 g/mol. The minimum atomic E-state index is -0.594. The minimum absolute atomic E-state index is 0.220. The van der Waals surface area contributed by atoms with Gasteiger partial charge in [-0.05, 0) is 18.2 Å². The van der Waals surface area contributed by atoms with Crippen molar-refractivity contribution in [1.82, 2.24) is 4.98 Å². The fourth-order valence-corrected chi connectivity index (χ4v) is 3.45. The van der Waals surface area contributed by atoms with E-state index in [1.165, 1.54) is 11.3 Å². The number of benzene rings is 3. The van der Waals surface area contributed by atoms with Gasteiger partial charge in [-0.25, -0.2) is 9.78 Å². The SMILES string of the molecule is O=C(Oc1nc2ccccc2s1)c1ccccc1C(=O)c1ccccc1. The van der Waals surface area contributed by atoms with Gasteiger partial charge in [0.15, 0.2) is 5.78 Å². The maximum Gasteiger partial charge on any atom is 0.346 e. The van der Waals surface area contributed by atoms with Crippen LogP contribution in [0.25, 0.3) is 10.2 Å². The van der Waals surface area contributed by atoms with Crippen molar-refractivity contribution in [3.63, 3.8) is 0 Å². The summed E-state index contributed by atoms with van der Waals surface area (Å²) in [5, 5.41) is 0.262. The number of fused-ring (bicyclic) bond motifs is 1. The van der Waals surface area contributed by atoms with Crippen molar-refractivity contribution >= 4 is 33.3 Å². The molecule has 26 heavy (non-hydrogen) atoms. The Hall–Kier alpha value is -3.31. The molecular formula is C21H13NO3S. The van der Waals surface area contributed by atoms with Crippen LogP contribution in [0.1, 0.15) is 26.3 Å². The summed E-state index contributed by atoms with van der Waals surface area (Å²) in [5.41, 5.74) is 1.83. The van der Waals surface area contributed by atoms with E-state index in [9.17, 15) is 9.59 Å². The number of nitrogens with zero attached hydrogens (tertiary/aromatic N) is 1. The maximum absolute atomic E-state index is 12.7. The Morgan fingerprint density at radius 2 is 1.42 bits per heavy atom. The van der Waals surface area contributed by atoms with Crippen LogP contribution in [0.15, 0.2) is 78.9 Å². The highest BCUT2D eigenvalue weighted by Crippen LogP contribution is 2.28. The second-order valence-corrected chi connectivity index (χ2v) is 6.57. The van der Waals surface area contributed by atoms with E-state index in [1.54, 1.807) is 48.5 Å². The number of carbonyl (C=O) groups is 2. The highest BCUT2D eigenvalue weighted by molar-refractivity contribution is 7.20. The summed E-state index contributed by atoms with van der Waals surface area (Å²) >= 11 is 1.29. The van der Waals surface area contributed by atoms with Gasteiger partial charge in [0, 0.05) is 11.1 Å². The first-order valence-corrected chi connectivity index (χ1v) is 8.80. The highest BCUT2D eigenvalue weighted by atomic mass is 32.1. The molecule has 4 rings (SSSR count). The van der Waals surface area contributed by atoms with Crippen LogP contribution in [0.2, 0.25) is 0 Å². The molecule has 0 aliphatic heterocycles. The number of aromatic nitrogens is 1. The number of ether oxygens (including phenoxy) is 1. The van der Waals surface area contributed by atoms with E-state index in [1.807, 2.05) is 30.3 Å². The number of thiazole rings is 1. The Morgan fingerprint density at radius 1 is 0.769 bits per heavy atom. The molecule has 1 heterocycles. The number of rotatable bonds is 4. The van der Waals surface area contributed by atoms with E-state index in [0.29, 0.717) is 11.1 Å². The predicted molar refractivity (Wildman–Crippen MR) is 101 cm³/mol. The Labute approximate surface area is 153 Å². The zero-order valence-corrected chi connectivity index (χ0v) is 14.4. The van der Waals surface area contributed by atoms with Gasteiger partial charge in [0.1, 0.15) is 0 Å². The van der Waals surface area contributed by atoms with Gasteiger partial charge in [0.05, 0.1) is 15.8 Å². The molecule has 0 saturated heterocycles. The van der Waals surface area contributed by atoms with Gasteiger partial charge in [-0.15, -0.1) is 0 Å². The number of hydrogen-bond acceptors (Lipinski definition) is 5. The van der Waals surface area contributed by atoms with Gasteiger partial charge < -0.3 is 4.74 Å². The van der Waals surface area contributed by atoms with E-state index in [-0.39, 0.29) is 16.5 Å². The van der Waals surface area contributed by atoms with Crippen molar-refractivity contribution < 1.29 is 14.3 Å². The Balaban J connectivity index is 1.65. The molecule has 5 heteroatoms. The van der Waals surface area contributed by atoms with Gasteiger partial charge in [-0.3, -0.25) is 4.79 Å². The van der Waals surface area contributed by atoms with Crippen LogP contribution < -0.4 is 4.74 Å². The van der Waals surface area contributed by atoms with Gasteiger partial charge in [0.25, 0.3) is 5.19 Å². The smallest absolute Gasteiger partial charge is 0.346 e. The molecule has 0 atom stereocenters. The largest absolute Gasteiger partial charge is 0.394 e. The average Bonchev–Trinajstić information content (AvgIpc) is 3.10. The van der Waals surface area contributed by atoms with Crippen molar-refractivity contribution in [2.24, 2.45) is 0 Å². The molecule has 0 spiro atoms. The van der Waals surface area contributed by atoms with Crippen molar-refractivity contribution in [3.05, 3.63) is 95.6 Å². The lowest BCUT2D eigenvalue weighted by Gasteiger charge is -2.07. The van der Waals surface area contributed by atoms with Crippen LogP contribution in [0.5, 0.6) is 5.19 Å². The standard InChI is InChI=1S/C21H13NO3S/c23-19(14-8-2-1-3-9-14)15-10-4-5-11-16(15)20(24)25-21-22-17-12-6-7-13-18(17)26-21/h1-13H. The Morgan fingerprint density at radius 3 is 2.19 bits per heavy atom. The van der Waals surface area contributed by atoms with Crippen molar-refractivity contribution in [2.45, 2.75) is 0 Å². The van der Waals surface area contributed by atoms with Crippen molar-refractivity contribution in [2.75, 3.05) is 0 Å². The number of para-hydroxylation sites is 1. The molecule has 0 bridgehead atoms. The number of esters is 1. The Kier molecular flexibility index (Phi) is 4.29. The van der Waals surface area contributed by atoms with E-state index in [2.05, 4.69) is 4.98 Å². The molecule has 0 unspecified atom stereocenters. The molecule has 4 nitrogen and oxygen atoms in total. The molecule has 1 aromatic heterocycles. The quantitative estimate of drug-likeness (QED) is 0.390. The Bertz CT molecular complexity index is 1070. The van der Waals surface area contributed by atoms with Crippen molar-refractivity contribution in [1.29, 1.82) is 0 Å². The first-order valence-electron chi connectivity index (χ1n) is 7.99. The number of ketones is 1. The fourth-order valence-electron chi connectivity index (χ4n) is 2.63. The molecule has 0 aliphatic rings. The van der Waals surface area contributed by atoms with E-state index in [4.69, 9.17) is 4.74 Å². The third-order valence-electron chi connectivity index (χ3n) is 3.88. The highest BCUT2D eigenvalue weighted by Gasteiger charge is 2.20. The zero-order valence-electron chi connectivity index (χ0n) is 13.6. The summed E-state index contributed by atoms with van der Waals surface area (Å²) < 4.78 is 6.36. The lowest BCUT2D eigenvalue weighted by atomic mass is 9.98. The van der Waals surface area contributed by atoms with Crippen LogP contribution in [-0.4, -0.2) is 16.7 Å². The molecule has 0 aliphatic carbocycles. The van der Waals surface area contributed by atoms with Gasteiger partial charge >= 0.3 is 5.97 Å². The van der Waals surface area contributed by atoms with Crippen LogP contribution >= 0.6 is 11.3 Å². The summed E-state index contributed by atoms with van der Waals surface area (Å²) in [5.74, 6) is -0.814.